The van der Waals surface area contributed by atoms with Gasteiger partial charge in [-0.15, -0.1) is 0 Å². The number of carbonyl (C=O) groups excluding carboxylic acids is 2. The molecule has 1 fully saturated rings. The van der Waals surface area contributed by atoms with Crippen molar-refractivity contribution in [2.24, 2.45) is 0 Å². The number of rotatable bonds is 12. The fourth-order valence-corrected chi connectivity index (χ4v) is 3.79. The molecule has 0 radical (unpaired) electrons. The molecule has 2 aromatic heterocycles. The van der Waals surface area contributed by atoms with Crippen LogP contribution in [0.5, 0.6) is 0 Å². The molecule has 8 heteroatoms. The smallest absolute Gasteiger partial charge is 0.289 e. The molecule has 1 aromatic carbocycles. The molecule has 0 spiro atoms. The van der Waals surface area contributed by atoms with Crippen LogP contribution in [0.3, 0.4) is 0 Å². The predicted molar refractivity (Wildman–Crippen MR) is 118 cm³/mol. The van der Waals surface area contributed by atoms with Crippen molar-refractivity contribution in [2.45, 2.75) is 50.2 Å². The van der Waals surface area contributed by atoms with Crippen LogP contribution >= 0.6 is 0 Å². The summed E-state index contributed by atoms with van der Waals surface area (Å²) in [5.41, 5.74) is 1.38. The molecule has 4 rings (SSSR count). The highest BCUT2D eigenvalue weighted by molar-refractivity contribution is 5.95. The van der Waals surface area contributed by atoms with Crippen molar-refractivity contribution in [3.63, 3.8) is 0 Å². The summed E-state index contributed by atoms with van der Waals surface area (Å²) in [7, 11) is 0. The van der Waals surface area contributed by atoms with Crippen LogP contribution in [-0.2, 0) is 11.3 Å². The molecular weight excluding hydrogens is 408 g/mol. The lowest BCUT2D eigenvalue weighted by Crippen LogP contribution is -2.46. The second-order valence-corrected chi connectivity index (χ2v) is 8.00. The fourth-order valence-electron chi connectivity index (χ4n) is 3.79. The normalized spacial score (nSPS) is 18.1. The van der Waals surface area contributed by atoms with Crippen LogP contribution in [0.25, 0.3) is 0 Å². The largest absolute Gasteiger partial charge is 0.467 e. The molecule has 2 heterocycles. The first-order valence-electron chi connectivity index (χ1n) is 11.0. The lowest BCUT2D eigenvalue weighted by molar-refractivity contribution is -0.123. The highest BCUT2D eigenvalue weighted by Gasteiger charge is 2.37. The second-order valence-electron chi connectivity index (χ2n) is 8.00. The zero-order valence-corrected chi connectivity index (χ0v) is 17.8. The van der Waals surface area contributed by atoms with Gasteiger partial charge in [-0.3, -0.25) is 9.59 Å². The third-order valence-corrected chi connectivity index (χ3v) is 5.64. The summed E-state index contributed by atoms with van der Waals surface area (Å²) in [6.45, 7) is 1.15. The van der Waals surface area contributed by atoms with Gasteiger partial charge in [-0.2, -0.15) is 0 Å². The standard InChI is InChI=1S/C24H28N4O4/c29-23(27-14-18-9-6-12-31-18)20(28-24(30)22-15-25-16-32-22)10-4-5-11-26-21-13-19(21)17-7-2-1-3-8-17/h1-3,6-9,12,15-16,19-21,26H,4-5,10-11,13-14H2,(H,27,29)(H,28,30). The monoisotopic (exact) mass is 436 g/mol. The molecule has 8 nitrogen and oxygen atoms in total. The van der Waals surface area contributed by atoms with Crippen molar-refractivity contribution >= 4 is 11.8 Å². The number of unbranched alkanes of at least 4 members (excludes halogenated alkanes) is 1. The molecule has 0 saturated heterocycles. The molecule has 0 bridgehead atoms. The van der Waals surface area contributed by atoms with E-state index < -0.39 is 11.9 Å². The van der Waals surface area contributed by atoms with E-state index in [1.165, 1.54) is 18.2 Å². The highest BCUT2D eigenvalue weighted by Crippen LogP contribution is 2.40. The molecule has 168 valence electrons. The van der Waals surface area contributed by atoms with E-state index in [0.717, 1.165) is 25.8 Å². The number of hydrogen-bond donors (Lipinski definition) is 3. The molecule has 3 unspecified atom stereocenters. The van der Waals surface area contributed by atoms with E-state index in [0.29, 0.717) is 24.1 Å². The molecule has 2 amide bonds. The van der Waals surface area contributed by atoms with Crippen LogP contribution in [0.4, 0.5) is 0 Å². The first-order valence-corrected chi connectivity index (χ1v) is 11.0. The van der Waals surface area contributed by atoms with Crippen molar-refractivity contribution in [3.05, 3.63) is 78.4 Å². The number of carbonyl (C=O) groups is 2. The molecule has 3 N–H and O–H groups in total. The van der Waals surface area contributed by atoms with Crippen LogP contribution < -0.4 is 16.0 Å². The number of hydrogen-bond acceptors (Lipinski definition) is 6. The minimum Gasteiger partial charge on any atom is -0.467 e. The minimum absolute atomic E-state index is 0.0798. The van der Waals surface area contributed by atoms with Gasteiger partial charge < -0.3 is 24.8 Å². The lowest BCUT2D eigenvalue weighted by Gasteiger charge is -2.17. The quantitative estimate of drug-likeness (QED) is 0.377. The summed E-state index contributed by atoms with van der Waals surface area (Å²) in [6.07, 6.45) is 7.47. The van der Waals surface area contributed by atoms with Gasteiger partial charge in [0.25, 0.3) is 5.91 Å². The van der Waals surface area contributed by atoms with E-state index in [4.69, 9.17) is 8.83 Å². The summed E-state index contributed by atoms with van der Waals surface area (Å²) < 4.78 is 10.3. The van der Waals surface area contributed by atoms with Gasteiger partial charge in [0.05, 0.1) is 19.0 Å². The number of furan rings is 1. The number of nitrogens with zero attached hydrogens (tertiary/aromatic N) is 1. The number of amides is 2. The predicted octanol–water partition coefficient (Wildman–Crippen LogP) is 3.00. The Hall–Kier alpha value is -3.39. The number of nitrogens with one attached hydrogen (secondary N) is 3. The molecule has 3 atom stereocenters. The summed E-state index contributed by atoms with van der Waals surface area (Å²) in [5.74, 6) is 0.616. The van der Waals surface area contributed by atoms with Gasteiger partial charge in [0, 0.05) is 12.0 Å². The average molecular weight is 437 g/mol. The Morgan fingerprint density at radius 2 is 1.97 bits per heavy atom. The van der Waals surface area contributed by atoms with Crippen molar-refractivity contribution in [3.8, 4) is 0 Å². The summed E-state index contributed by atoms with van der Waals surface area (Å²) >= 11 is 0. The SMILES string of the molecule is O=C(NC(CCCCNC1CC1c1ccccc1)C(=O)NCc1ccco1)c1cnco1. The van der Waals surface area contributed by atoms with Gasteiger partial charge in [-0.25, -0.2) is 4.98 Å². The maximum Gasteiger partial charge on any atom is 0.289 e. The van der Waals surface area contributed by atoms with Gasteiger partial charge in [-0.05, 0) is 49.9 Å². The molecule has 1 aliphatic carbocycles. The Morgan fingerprint density at radius 1 is 1.09 bits per heavy atom. The van der Waals surface area contributed by atoms with Gasteiger partial charge in [0.15, 0.2) is 6.39 Å². The Bertz CT molecular complexity index is 973. The van der Waals surface area contributed by atoms with Crippen molar-refractivity contribution < 1.29 is 18.4 Å². The average Bonchev–Trinajstić information content (AvgIpc) is 3.20. The Kier molecular flexibility index (Phi) is 7.34. The Balaban J connectivity index is 1.21. The van der Waals surface area contributed by atoms with Crippen molar-refractivity contribution in [1.82, 2.24) is 20.9 Å². The van der Waals surface area contributed by atoms with E-state index in [1.807, 2.05) is 6.07 Å². The second kappa shape index (κ2) is 10.8. The Morgan fingerprint density at radius 3 is 2.72 bits per heavy atom. The summed E-state index contributed by atoms with van der Waals surface area (Å²) in [4.78, 5) is 28.8. The third kappa shape index (κ3) is 6.07. The van der Waals surface area contributed by atoms with Gasteiger partial charge >= 0.3 is 0 Å². The van der Waals surface area contributed by atoms with Gasteiger partial charge in [-0.1, -0.05) is 30.3 Å². The first-order chi connectivity index (χ1) is 15.7. The maximum atomic E-state index is 12.7. The molecule has 1 saturated carbocycles. The molecular formula is C24H28N4O4. The Labute approximate surface area is 186 Å². The molecule has 32 heavy (non-hydrogen) atoms. The third-order valence-electron chi connectivity index (χ3n) is 5.64. The van der Waals surface area contributed by atoms with Gasteiger partial charge in [0.1, 0.15) is 11.8 Å². The zero-order chi connectivity index (χ0) is 22.2. The van der Waals surface area contributed by atoms with E-state index in [9.17, 15) is 9.59 Å². The topological polar surface area (TPSA) is 109 Å². The number of benzene rings is 1. The van der Waals surface area contributed by atoms with Crippen molar-refractivity contribution in [2.75, 3.05) is 6.54 Å². The number of oxazole rings is 1. The zero-order valence-electron chi connectivity index (χ0n) is 17.8. The highest BCUT2D eigenvalue weighted by atomic mass is 16.3. The minimum atomic E-state index is -0.666. The fraction of sp³-hybridized carbons (Fsp3) is 0.375. The van der Waals surface area contributed by atoms with E-state index in [1.54, 1.807) is 18.4 Å². The molecule has 0 aliphatic heterocycles. The van der Waals surface area contributed by atoms with Crippen LogP contribution in [0, 0.1) is 0 Å². The van der Waals surface area contributed by atoms with Gasteiger partial charge in [0.2, 0.25) is 11.7 Å². The lowest BCUT2D eigenvalue weighted by atomic mass is 10.1. The summed E-state index contributed by atoms with van der Waals surface area (Å²) in [6, 6.07) is 14.0. The number of aromatic nitrogens is 1. The van der Waals surface area contributed by atoms with E-state index in [2.05, 4.69) is 45.2 Å². The maximum absolute atomic E-state index is 12.7. The molecule has 1 aliphatic rings. The van der Waals surface area contributed by atoms with Crippen LogP contribution in [0.2, 0.25) is 0 Å². The van der Waals surface area contributed by atoms with Crippen molar-refractivity contribution in [1.29, 1.82) is 0 Å². The first kappa shape index (κ1) is 21.8. The van der Waals surface area contributed by atoms with Crippen LogP contribution in [-0.4, -0.2) is 35.4 Å². The summed E-state index contributed by atoms with van der Waals surface area (Å²) in [5, 5.41) is 9.17. The van der Waals surface area contributed by atoms with E-state index in [-0.39, 0.29) is 18.2 Å². The van der Waals surface area contributed by atoms with Crippen LogP contribution in [0.1, 0.15) is 53.5 Å². The van der Waals surface area contributed by atoms with E-state index >= 15 is 0 Å². The van der Waals surface area contributed by atoms with Crippen LogP contribution in [0.15, 0.2) is 70.2 Å². The molecule has 3 aromatic rings.